The highest BCUT2D eigenvalue weighted by atomic mass is 16.7. The van der Waals surface area contributed by atoms with Crippen molar-refractivity contribution in [2.45, 2.75) is 140 Å². The molecule has 0 bridgehead atoms. The van der Waals surface area contributed by atoms with Gasteiger partial charge in [-0.15, -0.1) is 0 Å². The molecule has 0 aromatic carbocycles. The third-order valence-corrected chi connectivity index (χ3v) is 9.26. The Kier molecular flexibility index (Phi) is 15.3. The van der Waals surface area contributed by atoms with Crippen molar-refractivity contribution in [2.24, 2.45) is 11.8 Å². The normalized spacial score (nSPS) is 26.6. The fraction of sp³-hybridized carbons (Fsp3) is 0.935. The molecule has 1 saturated heterocycles. The van der Waals surface area contributed by atoms with Gasteiger partial charge in [0.25, 0.3) is 0 Å². The van der Waals surface area contributed by atoms with Crippen LogP contribution in [0, 0.1) is 11.8 Å². The van der Waals surface area contributed by atoms with E-state index in [1.54, 1.807) is 0 Å². The van der Waals surface area contributed by atoms with Gasteiger partial charge in [0.05, 0.1) is 38.1 Å². The first kappa shape index (κ1) is 34.2. The molecule has 3 aliphatic rings. The molecule has 4 N–H and O–H groups in total. The van der Waals surface area contributed by atoms with Gasteiger partial charge in [0.2, 0.25) is 11.8 Å². The number of aliphatic hydroxyl groups is 3. The highest BCUT2D eigenvalue weighted by Gasteiger charge is 2.32. The predicted octanol–water partition coefficient (Wildman–Crippen LogP) is 2.90. The number of hydrogen-bond donors (Lipinski definition) is 4. The molecule has 2 amide bonds. The molecular formula is C31H56N2O8. The molecule has 0 spiro atoms. The van der Waals surface area contributed by atoms with Gasteiger partial charge in [0, 0.05) is 26.5 Å². The highest BCUT2D eigenvalue weighted by Crippen LogP contribution is 2.40. The first-order valence-electron chi connectivity index (χ1n) is 16.2. The van der Waals surface area contributed by atoms with Crippen LogP contribution in [-0.4, -0.2) is 102 Å². The SMILES string of the molecule is CC(=O)N[C@@H](CO)C(OCCCCCC(=O)N1CCC[C@H]1COC1CCCC(C2CCC2)CC1)OC(CO)[C@@H](C)O. The average Bonchev–Trinajstić information content (AvgIpc) is 3.27. The van der Waals surface area contributed by atoms with Gasteiger partial charge in [-0.1, -0.05) is 38.5 Å². The number of nitrogens with one attached hydrogen (secondary N) is 1. The zero-order valence-corrected chi connectivity index (χ0v) is 25.4. The molecule has 7 atom stereocenters. The first-order chi connectivity index (χ1) is 19.8. The van der Waals surface area contributed by atoms with Crippen molar-refractivity contribution in [1.82, 2.24) is 10.2 Å². The summed E-state index contributed by atoms with van der Waals surface area (Å²) in [4.78, 5) is 26.6. The zero-order chi connectivity index (χ0) is 29.6. The summed E-state index contributed by atoms with van der Waals surface area (Å²) >= 11 is 0. The maximum Gasteiger partial charge on any atom is 0.222 e. The molecule has 0 aromatic rings. The number of rotatable bonds is 18. The number of aliphatic hydroxyl groups excluding tert-OH is 3. The van der Waals surface area contributed by atoms with Gasteiger partial charge in [-0.3, -0.25) is 9.59 Å². The fourth-order valence-electron chi connectivity index (χ4n) is 6.52. The molecule has 1 heterocycles. The summed E-state index contributed by atoms with van der Waals surface area (Å²) in [6.07, 6.45) is 12.7. The van der Waals surface area contributed by atoms with Crippen LogP contribution in [-0.2, 0) is 23.8 Å². The van der Waals surface area contributed by atoms with E-state index in [2.05, 4.69) is 5.32 Å². The molecule has 0 radical (unpaired) electrons. The lowest BCUT2D eigenvalue weighted by Gasteiger charge is -2.33. The minimum absolute atomic E-state index is 0.187. The number of nitrogens with zero attached hydrogens (tertiary/aromatic N) is 1. The van der Waals surface area contributed by atoms with Crippen LogP contribution in [0.15, 0.2) is 0 Å². The number of unbranched alkanes of at least 4 members (excludes halogenated alkanes) is 2. The third kappa shape index (κ3) is 11.4. The summed E-state index contributed by atoms with van der Waals surface area (Å²) in [6, 6.07) is -0.648. The number of ether oxygens (including phenoxy) is 3. The molecular weight excluding hydrogens is 528 g/mol. The van der Waals surface area contributed by atoms with Crippen molar-refractivity contribution in [3.05, 3.63) is 0 Å². The Bertz CT molecular complexity index is 764. The summed E-state index contributed by atoms with van der Waals surface area (Å²) in [6.45, 7) is 3.72. The largest absolute Gasteiger partial charge is 0.394 e. The molecule has 2 saturated carbocycles. The van der Waals surface area contributed by atoms with E-state index in [0.717, 1.165) is 50.5 Å². The zero-order valence-electron chi connectivity index (χ0n) is 25.4. The van der Waals surface area contributed by atoms with Gasteiger partial charge in [0.15, 0.2) is 6.29 Å². The maximum atomic E-state index is 13.0. The van der Waals surface area contributed by atoms with Crippen LogP contribution in [0.5, 0.6) is 0 Å². The summed E-state index contributed by atoms with van der Waals surface area (Å²) in [5.41, 5.74) is 0. The first-order valence-corrected chi connectivity index (χ1v) is 16.2. The van der Waals surface area contributed by atoms with Crippen LogP contribution in [0.4, 0.5) is 0 Å². The molecule has 0 aromatic heterocycles. The number of amides is 2. The molecule has 10 heteroatoms. The third-order valence-electron chi connectivity index (χ3n) is 9.26. The lowest BCUT2D eigenvalue weighted by Crippen LogP contribution is -2.50. The van der Waals surface area contributed by atoms with Gasteiger partial charge < -0.3 is 39.7 Å². The van der Waals surface area contributed by atoms with Crippen molar-refractivity contribution < 1.29 is 39.1 Å². The van der Waals surface area contributed by atoms with Gasteiger partial charge >= 0.3 is 0 Å². The van der Waals surface area contributed by atoms with Crippen molar-refractivity contribution in [3.8, 4) is 0 Å². The standard InChI is InChI=1S/C31H56N2O8/c1-22(36)29(20-35)41-31(28(19-34)32-23(2)37)39-18-5-3-4-14-30(38)33-17-8-12-26(33)21-40-27-13-7-11-25(15-16-27)24-9-6-10-24/h22,24-29,31,34-36H,3-21H2,1-2H3,(H,32,37)/t22-,25?,26+,27?,28+,29?,31?/m1/s1. The minimum atomic E-state index is -1.03. The Hall–Kier alpha value is -1.30. The quantitative estimate of drug-likeness (QED) is 0.110. The predicted molar refractivity (Wildman–Crippen MR) is 155 cm³/mol. The minimum Gasteiger partial charge on any atom is -0.394 e. The molecule has 2 aliphatic carbocycles. The Morgan fingerprint density at radius 1 is 0.927 bits per heavy atom. The van der Waals surface area contributed by atoms with Crippen LogP contribution in [0.1, 0.15) is 104 Å². The van der Waals surface area contributed by atoms with Crippen LogP contribution in [0.3, 0.4) is 0 Å². The molecule has 10 nitrogen and oxygen atoms in total. The van der Waals surface area contributed by atoms with E-state index < -0.39 is 37.8 Å². The maximum absolute atomic E-state index is 13.0. The second-order valence-corrected chi connectivity index (χ2v) is 12.4. The highest BCUT2D eigenvalue weighted by molar-refractivity contribution is 5.76. The van der Waals surface area contributed by atoms with E-state index in [0.29, 0.717) is 25.6 Å². The lowest BCUT2D eigenvalue weighted by atomic mass is 9.73. The fourth-order valence-corrected chi connectivity index (χ4v) is 6.52. The second kappa shape index (κ2) is 18.4. The molecule has 3 rings (SSSR count). The topological polar surface area (TPSA) is 138 Å². The van der Waals surface area contributed by atoms with Crippen molar-refractivity contribution >= 4 is 11.8 Å². The van der Waals surface area contributed by atoms with Gasteiger partial charge in [-0.05, 0) is 63.7 Å². The van der Waals surface area contributed by atoms with Crippen LogP contribution in [0.25, 0.3) is 0 Å². The van der Waals surface area contributed by atoms with Crippen molar-refractivity contribution in [1.29, 1.82) is 0 Å². The smallest absolute Gasteiger partial charge is 0.222 e. The van der Waals surface area contributed by atoms with E-state index in [1.165, 1.54) is 58.8 Å². The summed E-state index contributed by atoms with van der Waals surface area (Å²) in [5, 5.41) is 31.6. The van der Waals surface area contributed by atoms with Gasteiger partial charge in [-0.25, -0.2) is 0 Å². The van der Waals surface area contributed by atoms with E-state index in [4.69, 9.17) is 14.2 Å². The van der Waals surface area contributed by atoms with Gasteiger partial charge in [-0.2, -0.15) is 0 Å². The van der Waals surface area contributed by atoms with E-state index in [-0.39, 0.29) is 24.5 Å². The van der Waals surface area contributed by atoms with Crippen molar-refractivity contribution in [2.75, 3.05) is 33.0 Å². The summed E-state index contributed by atoms with van der Waals surface area (Å²) in [7, 11) is 0. The van der Waals surface area contributed by atoms with E-state index >= 15 is 0 Å². The average molecular weight is 585 g/mol. The van der Waals surface area contributed by atoms with Crippen molar-refractivity contribution in [3.63, 3.8) is 0 Å². The molecule has 41 heavy (non-hydrogen) atoms. The van der Waals surface area contributed by atoms with Crippen LogP contribution in [0.2, 0.25) is 0 Å². The van der Waals surface area contributed by atoms with Crippen LogP contribution >= 0.6 is 0 Å². The Morgan fingerprint density at radius 3 is 2.32 bits per heavy atom. The molecule has 4 unspecified atom stereocenters. The Morgan fingerprint density at radius 2 is 1.66 bits per heavy atom. The molecule has 238 valence electrons. The summed E-state index contributed by atoms with van der Waals surface area (Å²) in [5.74, 6) is 1.71. The number of carbonyl (C=O) groups excluding carboxylic acids is 2. The van der Waals surface area contributed by atoms with E-state index in [9.17, 15) is 24.9 Å². The van der Waals surface area contributed by atoms with Crippen LogP contribution < -0.4 is 5.32 Å². The monoisotopic (exact) mass is 584 g/mol. The number of carbonyl (C=O) groups is 2. The molecule has 3 fully saturated rings. The number of likely N-dealkylation sites (tertiary alicyclic amines) is 1. The Labute approximate surface area is 246 Å². The Balaban J connectivity index is 1.34. The van der Waals surface area contributed by atoms with E-state index in [1.807, 2.05) is 4.90 Å². The lowest BCUT2D eigenvalue weighted by molar-refractivity contribution is -0.214. The van der Waals surface area contributed by atoms with Gasteiger partial charge in [0.1, 0.15) is 12.1 Å². The summed E-state index contributed by atoms with van der Waals surface area (Å²) < 4.78 is 17.9. The molecule has 1 aliphatic heterocycles. The second-order valence-electron chi connectivity index (χ2n) is 12.4. The number of hydrogen-bond acceptors (Lipinski definition) is 8.